The first-order valence-corrected chi connectivity index (χ1v) is 8.69. The number of alkyl carbamates (subject to hydrolysis) is 1. The third-order valence-corrected chi connectivity index (χ3v) is 4.36. The van der Waals surface area contributed by atoms with Crippen LogP contribution in [-0.4, -0.2) is 41.2 Å². The Morgan fingerprint density at radius 3 is 2.10 bits per heavy atom. The number of nitrogens with one attached hydrogen (secondary N) is 2. The first kappa shape index (κ1) is 20.1. The van der Waals surface area contributed by atoms with Crippen molar-refractivity contribution in [3.8, 4) is 0 Å². The monoisotopic (exact) mass is 318 g/mol. The largest absolute Gasteiger partial charge is 0.444 e. The van der Waals surface area contributed by atoms with Crippen molar-refractivity contribution >= 4 is 23.8 Å². The van der Waals surface area contributed by atoms with Gasteiger partial charge in [0.15, 0.2) is 0 Å². The van der Waals surface area contributed by atoms with Crippen molar-refractivity contribution in [3.63, 3.8) is 0 Å². The third-order valence-electron chi connectivity index (χ3n) is 3.43. The van der Waals surface area contributed by atoms with Crippen LogP contribution in [0, 0.1) is 0 Å². The van der Waals surface area contributed by atoms with E-state index in [4.69, 9.17) is 4.74 Å². The highest BCUT2D eigenvalue weighted by Crippen LogP contribution is 2.17. The highest BCUT2D eigenvalue weighted by atomic mass is 32.2. The lowest BCUT2D eigenvalue weighted by atomic mass is 9.92. The van der Waals surface area contributed by atoms with Crippen molar-refractivity contribution < 1.29 is 14.3 Å². The lowest BCUT2D eigenvalue weighted by Crippen LogP contribution is -2.56. The number of rotatable bonds is 7. The van der Waals surface area contributed by atoms with Crippen LogP contribution < -0.4 is 10.6 Å². The smallest absolute Gasteiger partial charge is 0.407 e. The van der Waals surface area contributed by atoms with Crippen molar-refractivity contribution in [2.45, 2.75) is 70.8 Å². The molecule has 0 aromatic heterocycles. The molecular weight excluding hydrogens is 288 g/mol. The third kappa shape index (κ3) is 7.60. The van der Waals surface area contributed by atoms with Crippen molar-refractivity contribution in [3.05, 3.63) is 0 Å². The second-order valence-electron chi connectivity index (χ2n) is 6.21. The van der Waals surface area contributed by atoms with Crippen LogP contribution in [-0.2, 0) is 9.53 Å². The predicted octanol–water partition coefficient (Wildman–Crippen LogP) is 2.94. The molecule has 6 heteroatoms. The van der Waals surface area contributed by atoms with Gasteiger partial charge >= 0.3 is 6.09 Å². The Morgan fingerprint density at radius 2 is 1.71 bits per heavy atom. The van der Waals surface area contributed by atoms with E-state index in [-0.39, 0.29) is 11.2 Å². The first-order chi connectivity index (χ1) is 9.59. The molecular formula is C15H30N2O3S. The van der Waals surface area contributed by atoms with Gasteiger partial charge in [-0.2, -0.15) is 11.8 Å². The minimum absolute atomic E-state index is 0.00260. The summed E-state index contributed by atoms with van der Waals surface area (Å²) in [6, 6.07) is 0. The maximum atomic E-state index is 12.1. The first-order valence-electron chi connectivity index (χ1n) is 7.40. The molecule has 0 rings (SSSR count). The van der Waals surface area contributed by atoms with E-state index in [0.717, 1.165) is 12.8 Å². The highest BCUT2D eigenvalue weighted by molar-refractivity contribution is 7.99. The van der Waals surface area contributed by atoms with E-state index >= 15 is 0 Å². The molecule has 0 saturated carbocycles. The molecule has 124 valence electrons. The lowest BCUT2D eigenvalue weighted by molar-refractivity contribution is -0.122. The molecule has 1 atom stereocenters. The van der Waals surface area contributed by atoms with Crippen LogP contribution in [0.2, 0.25) is 0 Å². The summed E-state index contributed by atoms with van der Waals surface area (Å²) >= 11 is 1.50. The molecule has 0 saturated heterocycles. The van der Waals surface area contributed by atoms with Gasteiger partial charge in [-0.1, -0.05) is 13.8 Å². The standard InChI is InChI=1S/C15H30N2O3S/c1-8-15(9-2,17-12(18)11(3)21-7)10-16-13(19)20-14(4,5)6/h11H,8-10H2,1-7H3,(H,16,19)(H,17,18). The SMILES string of the molecule is CCC(CC)(CNC(=O)OC(C)(C)C)NC(=O)C(C)SC. The average molecular weight is 318 g/mol. The second-order valence-corrected chi connectivity index (χ2v) is 7.39. The summed E-state index contributed by atoms with van der Waals surface area (Å²) in [5, 5.41) is 5.72. The van der Waals surface area contributed by atoms with E-state index in [0.29, 0.717) is 6.54 Å². The molecule has 0 heterocycles. The molecule has 0 aromatic carbocycles. The van der Waals surface area contributed by atoms with E-state index in [2.05, 4.69) is 10.6 Å². The fourth-order valence-corrected chi connectivity index (χ4v) is 2.02. The molecule has 0 spiro atoms. The van der Waals surface area contributed by atoms with Gasteiger partial charge in [0, 0.05) is 6.54 Å². The molecule has 0 aliphatic carbocycles. The van der Waals surface area contributed by atoms with Gasteiger partial charge in [0.05, 0.1) is 10.8 Å². The van der Waals surface area contributed by atoms with Gasteiger partial charge < -0.3 is 15.4 Å². The molecule has 21 heavy (non-hydrogen) atoms. The molecule has 0 aliphatic rings. The second kappa shape index (κ2) is 8.51. The zero-order valence-electron chi connectivity index (χ0n) is 14.3. The zero-order valence-corrected chi connectivity index (χ0v) is 15.1. The Balaban J connectivity index is 4.67. The van der Waals surface area contributed by atoms with Crippen molar-refractivity contribution in [1.82, 2.24) is 10.6 Å². The molecule has 2 amide bonds. The van der Waals surface area contributed by atoms with Crippen molar-refractivity contribution in [1.29, 1.82) is 0 Å². The van der Waals surface area contributed by atoms with E-state index in [9.17, 15) is 9.59 Å². The van der Waals surface area contributed by atoms with E-state index in [1.807, 2.05) is 47.8 Å². The van der Waals surface area contributed by atoms with Crippen LogP contribution in [0.3, 0.4) is 0 Å². The van der Waals surface area contributed by atoms with Crippen LogP contribution in [0.25, 0.3) is 0 Å². The fraction of sp³-hybridized carbons (Fsp3) is 0.867. The Bertz CT molecular complexity index is 349. The summed E-state index contributed by atoms with van der Waals surface area (Å²) < 4.78 is 5.23. The lowest BCUT2D eigenvalue weighted by Gasteiger charge is -2.34. The van der Waals surface area contributed by atoms with Gasteiger partial charge in [-0.05, 0) is 46.8 Å². The summed E-state index contributed by atoms with van der Waals surface area (Å²) in [6.45, 7) is 11.7. The van der Waals surface area contributed by atoms with Crippen LogP contribution in [0.5, 0.6) is 0 Å². The summed E-state index contributed by atoms with van der Waals surface area (Å²) in [4.78, 5) is 23.9. The van der Waals surface area contributed by atoms with Crippen LogP contribution in [0.15, 0.2) is 0 Å². The summed E-state index contributed by atoms with van der Waals surface area (Å²) in [5.41, 5.74) is -0.959. The number of ether oxygens (including phenoxy) is 1. The number of thioether (sulfide) groups is 1. The van der Waals surface area contributed by atoms with Gasteiger partial charge in [0.25, 0.3) is 0 Å². The Kier molecular flexibility index (Phi) is 8.14. The molecule has 0 bridgehead atoms. The topological polar surface area (TPSA) is 67.4 Å². The molecule has 0 fully saturated rings. The molecule has 2 N–H and O–H groups in total. The highest BCUT2D eigenvalue weighted by Gasteiger charge is 2.30. The minimum atomic E-state index is -0.526. The number of carbonyl (C=O) groups excluding carboxylic acids is 2. The maximum Gasteiger partial charge on any atom is 0.407 e. The van der Waals surface area contributed by atoms with Crippen LogP contribution in [0.4, 0.5) is 4.79 Å². The van der Waals surface area contributed by atoms with Gasteiger partial charge in [0.2, 0.25) is 5.91 Å². The quantitative estimate of drug-likeness (QED) is 0.757. The van der Waals surface area contributed by atoms with E-state index < -0.39 is 17.2 Å². The summed E-state index contributed by atoms with van der Waals surface area (Å²) in [7, 11) is 0. The average Bonchev–Trinajstić information content (AvgIpc) is 2.40. The normalized spacial score (nSPS) is 13.5. The van der Waals surface area contributed by atoms with Crippen molar-refractivity contribution in [2.75, 3.05) is 12.8 Å². The van der Waals surface area contributed by atoms with Crippen LogP contribution >= 0.6 is 11.8 Å². The predicted molar refractivity (Wildman–Crippen MR) is 88.7 cm³/mol. The summed E-state index contributed by atoms with van der Waals surface area (Å²) in [5.74, 6) is -0.00260. The molecule has 0 radical (unpaired) electrons. The van der Waals surface area contributed by atoms with E-state index in [1.165, 1.54) is 11.8 Å². The number of hydrogen-bond acceptors (Lipinski definition) is 4. The molecule has 1 unspecified atom stereocenters. The maximum absolute atomic E-state index is 12.1. The minimum Gasteiger partial charge on any atom is -0.444 e. The van der Waals surface area contributed by atoms with Crippen molar-refractivity contribution in [2.24, 2.45) is 0 Å². The molecule has 0 aliphatic heterocycles. The van der Waals surface area contributed by atoms with Gasteiger partial charge in [-0.25, -0.2) is 4.79 Å². The Morgan fingerprint density at radius 1 is 1.19 bits per heavy atom. The Hall–Kier alpha value is -0.910. The number of hydrogen-bond donors (Lipinski definition) is 2. The Labute approximate surface area is 133 Å². The van der Waals surface area contributed by atoms with Gasteiger partial charge in [0.1, 0.15) is 5.60 Å². The number of amides is 2. The summed E-state index contributed by atoms with van der Waals surface area (Å²) in [6.07, 6.45) is 2.93. The molecule has 5 nitrogen and oxygen atoms in total. The fourth-order valence-electron chi connectivity index (χ4n) is 1.75. The number of carbonyl (C=O) groups is 2. The van der Waals surface area contributed by atoms with E-state index in [1.54, 1.807) is 0 Å². The van der Waals surface area contributed by atoms with Gasteiger partial charge in [-0.3, -0.25) is 4.79 Å². The molecule has 0 aromatic rings. The zero-order chi connectivity index (χ0) is 16.7. The van der Waals surface area contributed by atoms with Gasteiger partial charge in [-0.15, -0.1) is 0 Å². The van der Waals surface area contributed by atoms with Crippen LogP contribution in [0.1, 0.15) is 54.4 Å².